The van der Waals surface area contributed by atoms with Gasteiger partial charge in [-0.05, 0) is 42.3 Å². The van der Waals surface area contributed by atoms with Gasteiger partial charge in [-0.15, -0.1) is 0 Å². The Bertz CT molecular complexity index is 932. The first kappa shape index (κ1) is 19.9. The highest BCUT2D eigenvalue weighted by atomic mass is 32.1. The van der Waals surface area contributed by atoms with E-state index in [2.05, 4.69) is 17.2 Å². The van der Waals surface area contributed by atoms with Crippen LogP contribution in [0.3, 0.4) is 0 Å². The summed E-state index contributed by atoms with van der Waals surface area (Å²) in [5.41, 5.74) is 1.74. The standard InChI is InChI=1S/C22H24N2O3S/c1-3-4-7-14-27-18-12-10-16(15-19(18)26-2)11-13-21(25)24-22-23-17-8-5-6-9-20(17)28-22/h5-6,8-13,15H,3-4,7,14H2,1-2H3,(H,23,24,25)/b13-11+. The fourth-order valence-corrected chi connectivity index (χ4v) is 3.55. The van der Waals surface area contributed by atoms with E-state index < -0.39 is 0 Å². The van der Waals surface area contributed by atoms with E-state index in [1.165, 1.54) is 17.4 Å². The molecule has 0 aliphatic rings. The zero-order chi connectivity index (χ0) is 19.8. The Balaban J connectivity index is 1.61. The number of hydrogen-bond acceptors (Lipinski definition) is 5. The number of ether oxygens (including phenoxy) is 2. The van der Waals surface area contributed by atoms with Crippen LogP contribution in [0.4, 0.5) is 5.13 Å². The molecule has 28 heavy (non-hydrogen) atoms. The quantitative estimate of drug-likeness (QED) is 0.382. The van der Waals surface area contributed by atoms with Gasteiger partial charge in [0, 0.05) is 6.08 Å². The van der Waals surface area contributed by atoms with Gasteiger partial charge in [-0.25, -0.2) is 4.98 Å². The van der Waals surface area contributed by atoms with Gasteiger partial charge in [0.25, 0.3) is 0 Å². The van der Waals surface area contributed by atoms with Crippen LogP contribution in [-0.4, -0.2) is 24.6 Å². The van der Waals surface area contributed by atoms with Gasteiger partial charge >= 0.3 is 0 Å². The van der Waals surface area contributed by atoms with Crippen LogP contribution in [0.1, 0.15) is 31.7 Å². The van der Waals surface area contributed by atoms with Crippen LogP contribution in [0.2, 0.25) is 0 Å². The van der Waals surface area contributed by atoms with Crippen molar-refractivity contribution >= 4 is 38.7 Å². The van der Waals surface area contributed by atoms with Crippen molar-refractivity contribution in [1.29, 1.82) is 0 Å². The maximum atomic E-state index is 12.2. The van der Waals surface area contributed by atoms with Gasteiger partial charge in [0.1, 0.15) is 0 Å². The van der Waals surface area contributed by atoms with Gasteiger partial charge in [0.2, 0.25) is 5.91 Å². The summed E-state index contributed by atoms with van der Waals surface area (Å²) in [7, 11) is 1.61. The second-order valence-electron chi connectivity index (χ2n) is 6.28. The zero-order valence-electron chi connectivity index (χ0n) is 16.1. The van der Waals surface area contributed by atoms with Gasteiger partial charge < -0.3 is 9.47 Å². The van der Waals surface area contributed by atoms with Crippen molar-refractivity contribution in [3.63, 3.8) is 0 Å². The molecule has 1 amide bonds. The first-order valence-corrected chi connectivity index (χ1v) is 10.2. The van der Waals surface area contributed by atoms with E-state index in [0.717, 1.165) is 40.8 Å². The van der Waals surface area contributed by atoms with E-state index in [-0.39, 0.29) is 5.91 Å². The monoisotopic (exact) mass is 396 g/mol. The smallest absolute Gasteiger partial charge is 0.250 e. The Hall–Kier alpha value is -2.86. The van der Waals surface area contributed by atoms with Gasteiger partial charge in [0.15, 0.2) is 16.6 Å². The highest BCUT2D eigenvalue weighted by Crippen LogP contribution is 2.29. The molecule has 2 aromatic carbocycles. The summed E-state index contributed by atoms with van der Waals surface area (Å²) in [4.78, 5) is 16.6. The molecule has 0 aliphatic heterocycles. The molecular weight excluding hydrogens is 372 g/mol. The Labute approximate surface area is 169 Å². The van der Waals surface area contributed by atoms with Crippen molar-refractivity contribution in [2.75, 3.05) is 19.0 Å². The number of thiazole rings is 1. The molecule has 0 spiro atoms. The molecule has 0 radical (unpaired) electrons. The Morgan fingerprint density at radius 3 is 2.82 bits per heavy atom. The number of amides is 1. The van der Waals surface area contributed by atoms with Gasteiger partial charge in [-0.1, -0.05) is 49.3 Å². The van der Waals surface area contributed by atoms with Crippen LogP contribution in [-0.2, 0) is 4.79 Å². The number of fused-ring (bicyclic) bond motifs is 1. The second-order valence-corrected chi connectivity index (χ2v) is 7.31. The lowest BCUT2D eigenvalue weighted by Gasteiger charge is -2.11. The number of aromatic nitrogens is 1. The molecule has 146 valence electrons. The molecule has 0 unspecified atom stereocenters. The predicted molar refractivity (Wildman–Crippen MR) is 115 cm³/mol. The van der Waals surface area contributed by atoms with Gasteiger partial charge in [0.05, 0.1) is 23.9 Å². The molecule has 0 saturated carbocycles. The summed E-state index contributed by atoms with van der Waals surface area (Å²) >= 11 is 1.45. The molecule has 3 aromatic rings. The fourth-order valence-electron chi connectivity index (χ4n) is 2.69. The lowest BCUT2D eigenvalue weighted by atomic mass is 10.2. The van der Waals surface area contributed by atoms with E-state index in [4.69, 9.17) is 9.47 Å². The van der Waals surface area contributed by atoms with Crippen LogP contribution in [0, 0.1) is 0 Å². The third-order valence-corrected chi connectivity index (χ3v) is 5.10. The number of para-hydroxylation sites is 1. The van der Waals surface area contributed by atoms with E-state index in [0.29, 0.717) is 17.5 Å². The Kier molecular flexibility index (Phi) is 7.03. The largest absolute Gasteiger partial charge is 0.493 e. The molecule has 1 heterocycles. The van der Waals surface area contributed by atoms with Crippen molar-refractivity contribution in [3.05, 3.63) is 54.1 Å². The first-order valence-electron chi connectivity index (χ1n) is 9.35. The average Bonchev–Trinajstić information content (AvgIpc) is 3.12. The third kappa shape index (κ3) is 5.33. The van der Waals surface area contributed by atoms with Crippen LogP contribution < -0.4 is 14.8 Å². The number of rotatable bonds is 9. The minimum Gasteiger partial charge on any atom is -0.493 e. The molecule has 0 fully saturated rings. The van der Waals surface area contributed by atoms with E-state index in [1.54, 1.807) is 13.2 Å². The number of nitrogens with one attached hydrogen (secondary N) is 1. The summed E-state index contributed by atoms with van der Waals surface area (Å²) in [6, 6.07) is 13.4. The van der Waals surface area contributed by atoms with E-state index in [1.807, 2.05) is 42.5 Å². The minimum atomic E-state index is -0.224. The Morgan fingerprint density at radius 1 is 1.18 bits per heavy atom. The van der Waals surface area contributed by atoms with Crippen LogP contribution in [0.25, 0.3) is 16.3 Å². The number of benzene rings is 2. The number of nitrogens with zero attached hydrogens (tertiary/aromatic N) is 1. The summed E-state index contributed by atoms with van der Waals surface area (Å²) in [5.74, 6) is 1.15. The molecular formula is C22H24N2O3S. The van der Waals surface area contributed by atoms with Crippen molar-refractivity contribution in [2.45, 2.75) is 26.2 Å². The van der Waals surface area contributed by atoms with Crippen molar-refractivity contribution in [2.24, 2.45) is 0 Å². The van der Waals surface area contributed by atoms with E-state index >= 15 is 0 Å². The summed E-state index contributed by atoms with van der Waals surface area (Å²) in [6.45, 7) is 2.83. The molecule has 6 heteroatoms. The lowest BCUT2D eigenvalue weighted by molar-refractivity contribution is -0.111. The molecule has 1 aromatic heterocycles. The van der Waals surface area contributed by atoms with Crippen LogP contribution in [0.5, 0.6) is 11.5 Å². The Morgan fingerprint density at radius 2 is 2.04 bits per heavy atom. The van der Waals surface area contributed by atoms with Crippen molar-refractivity contribution < 1.29 is 14.3 Å². The van der Waals surface area contributed by atoms with Crippen molar-refractivity contribution in [3.8, 4) is 11.5 Å². The minimum absolute atomic E-state index is 0.224. The highest BCUT2D eigenvalue weighted by Gasteiger charge is 2.07. The lowest BCUT2D eigenvalue weighted by Crippen LogP contribution is -2.07. The number of methoxy groups -OCH3 is 1. The summed E-state index contributed by atoms with van der Waals surface area (Å²) < 4.78 is 12.2. The number of unbranched alkanes of at least 4 members (excludes halogenated alkanes) is 2. The van der Waals surface area contributed by atoms with E-state index in [9.17, 15) is 4.79 Å². The normalized spacial score (nSPS) is 11.1. The highest BCUT2D eigenvalue weighted by molar-refractivity contribution is 7.22. The zero-order valence-corrected chi connectivity index (χ0v) is 16.9. The SMILES string of the molecule is CCCCCOc1ccc(/C=C/C(=O)Nc2nc3ccccc3s2)cc1OC. The van der Waals surface area contributed by atoms with Crippen LogP contribution in [0.15, 0.2) is 48.5 Å². The number of hydrogen-bond donors (Lipinski definition) is 1. The molecule has 0 bridgehead atoms. The van der Waals surface area contributed by atoms with Gasteiger partial charge in [-0.3, -0.25) is 10.1 Å². The number of anilines is 1. The first-order chi connectivity index (χ1) is 13.7. The molecule has 0 saturated heterocycles. The average molecular weight is 397 g/mol. The number of carbonyl (C=O) groups is 1. The maximum absolute atomic E-state index is 12.2. The maximum Gasteiger partial charge on any atom is 0.250 e. The van der Waals surface area contributed by atoms with Crippen molar-refractivity contribution in [1.82, 2.24) is 4.98 Å². The summed E-state index contributed by atoms with van der Waals surface area (Å²) in [5, 5.41) is 3.39. The topological polar surface area (TPSA) is 60.5 Å². The van der Waals surface area contributed by atoms with Crippen LogP contribution >= 0.6 is 11.3 Å². The number of carbonyl (C=O) groups excluding carboxylic acids is 1. The molecule has 0 aliphatic carbocycles. The second kappa shape index (κ2) is 9.90. The molecule has 3 rings (SSSR count). The molecule has 5 nitrogen and oxygen atoms in total. The molecule has 0 atom stereocenters. The summed E-state index contributed by atoms with van der Waals surface area (Å²) in [6.07, 6.45) is 6.55. The fraction of sp³-hybridized carbons (Fsp3) is 0.273. The molecule has 1 N–H and O–H groups in total. The predicted octanol–water partition coefficient (Wildman–Crippen LogP) is 5.53. The van der Waals surface area contributed by atoms with Gasteiger partial charge in [-0.2, -0.15) is 0 Å². The third-order valence-electron chi connectivity index (χ3n) is 4.14.